The van der Waals surface area contributed by atoms with E-state index in [0.29, 0.717) is 25.9 Å². The van der Waals surface area contributed by atoms with Crippen LogP contribution >= 0.6 is 0 Å². The second-order valence-electron chi connectivity index (χ2n) is 5.90. The normalized spacial score (nSPS) is 10.9. The molecule has 6 nitrogen and oxygen atoms in total. The maximum absolute atomic E-state index is 12.1. The number of nitrogens with one attached hydrogen (secondary N) is 2. The van der Waals surface area contributed by atoms with Crippen molar-refractivity contribution in [2.24, 2.45) is 0 Å². The van der Waals surface area contributed by atoms with Crippen molar-refractivity contribution in [3.05, 3.63) is 66.1 Å². The Morgan fingerprint density at radius 2 is 1.81 bits per heavy atom. The maximum Gasteiger partial charge on any atom is 0.387 e. The third kappa shape index (κ3) is 5.67. The van der Waals surface area contributed by atoms with Gasteiger partial charge in [-0.05, 0) is 36.2 Å². The highest BCUT2D eigenvalue weighted by Crippen LogP contribution is 2.14. The summed E-state index contributed by atoms with van der Waals surface area (Å²) < 4.78 is 30.4. The van der Waals surface area contributed by atoms with E-state index in [1.54, 1.807) is 12.1 Å². The second kappa shape index (κ2) is 8.98. The summed E-state index contributed by atoms with van der Waals surface area (Å²) in [6.45, 7) is -1.91. The number of fused-ring (bicyclic) bond motifs is 1. The highest BCUT2D eigenvalue weighted by atomic mass is 19.3. The number of amides is 2. The largest absolute Gasteiger partial charge is 0.435 e. The maximum atomic E-state index is 12.1. The molecule has 2 amide bonds. The highest BCUT2D eigenvalue weighted by molar-refractivity contribution is 5.73. The molecule has 3 rings (SSSR count). The number of imidazole rings is 1. The Balaban J connectivity index is 1.34. The fourth-order valence-corrected chi connectivity index (χ4v) is 2.63. The molecule has 0 spiro atoms. The Kier molecular flexibility index (Phi) is 6.19. The lowest BCUT2D eigenvalue weighted by Gasteiger charge is -2.08. The first-order valence-corrected chi connectivity index (χ1v) is 8.58. The first-order chi connectivity index (χ1) is 13.1. The zero-order chi connectivity index (χ0) is 19.1. The van der Waals surface area contributed by atoms with Gasteiger partial charge in [-0.3, -0.25) is 0 Å². The van der Waals surface area contributed by atoms with Gasteiger partial charge in [0.05, 0.1) is 5.69 Å². The molecular formula is C19H20F2N4O2. The monoisotopic (exact) mass is 374 g/mol. The summed E-state index contributed by atoms with van der Waals surface area (Å²) in [6, 6.07) is 11.9. The van der Waals surface area contributed by atoms with Crippen molar-refractivity contribution in [2.75, 3.05) is 13.1 Å². The zero-order valence-electron chi connectivity index (χ0n) is 14.6. The quantitative estimate of drug-likeness (QED) is 0.637. The van der Waals surface area contributed by atoms with E-state index in [0.717, 1.165) is 16.9 Å². The van der Waals surface area contributed by atoms with Gasteiger partial charge in [-0.2, -0.15) is 8.78 Å². The van der Waals surface area contributed by atoms with E-state index in [2.05, 4.69) is 20.4 Å². The molecule has 0 saturated heterocycles. The molecule has 0 bridgehead atoms. The lowest BCUT2D eigenvalue weighted by Crippen LogP contribution is -2.37. The van der Waals surface area contributed by atoms with Crippen LogP contribution in [0.5, 0.6) is 5.75 Å². The zero-order valence-corrected chi connectivity index (χ0v) is 14.6. The van der Waals surface area contributed by atoms with Crippen molar-refractivity contribution >= 4 is 11.7 Å². The van der Waals surface area contributed by atoms with Crippen LogP contribution in [0.25, 0.3) is 5.65 Å². The Bertz CT molecular complexity index is 848. The first-order valence-electron chi connectivity index (χ1n) is 8.58. The Morgan fingerprint density at radius 3 is 2.52 bits per heavy atom. The average molecular weight is 374 g/mol. The third-order valence-corrected chi connectivity index (χ3v) is 3.93. The van der Waals surface area contributed by atoms with Crippen LogP contribution in [0.2, 0.25) is 0 Å². The molecule has 2 aromatic heterocycles. The molecule has 0 aliphatic carbocycles. The number of rotatable bonds is 8. The molecule has 0 fully saturated rings. The number of benzene rings is 1. The van der Waals surface area contributed by atoms with Gasteiger partial charge in [0.25, 0.3) is 0 Å². The lowest BCUT2D eigenvalue weighted by atomic mass is 10.1. The number of hydrogen-bond acceptors (Lipinski definition) is 3. The predicted octanol–water partition coefficient (Wildman–Crippen LogP) is 3.02. The summed E-state index contributed by atoms with van der Waals surface area (Å²) in [7, 11) is 0. The molecule has 0 saturated carbocycles. The van der Waals surface area contributed by atoms with E-state index in [1.165, 1.54) is 12.1 Å². The van der Waals surface area contributed by atoms with Crippen LogP contribution in [0.4, 0.5) is 13.6 Å². The Hall–Kier alpha value is -3.16. The van der Waals surface area contributed by atoms with E-state index >= 15 is 0 Å². The molecular weight excluding hydrogens is 354 g/mol. The van der Waals surface area contributed by atoms with Crippen LogP contribution < -0.4 is 15.4 Å². The number of ether oxygens (including phenoxy) is 1. The lowest BCUT2D eigenvalue weighted by molar-refractivity contribution is -0.0498. The summed E-state index contributed by atoms with van der Waals surface area (Å²) in [5, 5.41) is 5.55. The molecule has 0 aliphatic heterocycles. The number of carbonyl (C=O) groups is 1. The summed E-state index contributed by atoms with van der Waals surface area (Å²) in [5.41, 5.74) is 2.70. The smallest absolute Gasteiger partial charge is 0.387 e. The van der Waals surface area contributed by atoms with E-state index in [-0.39, 0.29) is 11.8 Å². The number of pyridine rings is 1. The molecule has 0 atom stereocenters. The topological polar surface area (TPSA) is 67.7 Å². The van der Waals surface area contributed by atoms with Gasteiger partial charge in [0.2, 0.25) is 0 Å². The second-order valence-corrected chi connectivity index (χ2v) is 5.90. The molecule has 0 unspecified atom stereocenters. The molecule has 2 heterocycles. The van der Waals surface area contributed by atoms with Gasteiger partial charge in [0.15, 0.2) is 0 Å². The number of hydrogen-bond donors (Lipinski definition) is 2. The van der Waals surface area contributed by atoms with Crippen LogP contribution in [-0.4, -0.2) is 35.1 Å². The minimum Gasteiger partial charge on any atom is -0.435 e. The van der Waals surface area contributed by atoms with Gasteiger partial charge in [-0.15, -0.1) is 0 Å². The van der Waals surface area contributed by atoms with Crippen LogP contribution in [0.15, 0.2) is 54.9 Å². The fraction of sp³-hybridized carbons (Fsp3) is 0.263. The number of alkyl halides is 2. The van der Waals surface area contributed by atoms with Crippen molar-refractivity contribution in [3.63, 3.8) is 0 Å². The predicted molar refractivity (Wildman–Crippen MR) is 97.1 cm³/mol. The number of nitrogens with zero attached hydrogens (tertiary/aromatic N) is 2. The van der Waals surface area contributed by atoms with Gasteiger partial charge in [-0.1, -0.05) is 18.2 Å². The number of aromatic nitrogens is 2. The van der Waals surface area contributed by atoms with E-state index in [9.17, 15) is 13.6 Å². The number of urea groups is 1. The fourth-order valence-electron chi connectivity index (χ4n) is 2.63. The van der Waals surface area contributed by atoms with E-state index in [1.807, 2.05) is 35.0 Å². The molecule has 3 aromatic rings. The van der Waals surface area contributed by atoms with E-state index < -0.39 is 6.61 Å². The Labute approximate surface area is 155 Å². The summed E-state index contributed by atoms with van der Waals surface area (Å²) in [6.07, 6.45) is 5.10. The average Bonchev–Trinajstić information content (AvgIpc) is 3.05. The van der Waals surface area contributed by atoms with Crippen molar-refractivity contribution in [1.29, 1.82) is 0 Å². The summed E-state index contributed by atoms with van der Waals surface area (Å²) in [4.78, 5) is 16.3. The van der Waals surface area contributed by atoms with Crippen molar-refractivity contribution in [1.82, 2.24) is 20.0 Å². The molecule has 8 heteroatoms. The number of halogens is 2. The van der Waals surface area contributed by atoms with Crippen molar-refractivity contribution in [3.8, 4) is 5.75 Å². The van der Waals surface area contributed by atoms with Gasteiger partial charge in [-0.25, -0.2) is 9.78 Å². The summed E-state index contributed by atoms with van der Waals surface area (Å²) in [5.74, 6) is 0.117. The van der Waals surface area contributed by atoms with Crippen molar-refractivity contribution < 1.29 is 18.3 Å². The van der Waals surface area contributed by atoms with Crippen molar-refractivity contribution in [2.45, 2.75) is 19.5 Å². The highest BCUT2D eigenvalue weighted by Gasteiger charge is 2.05. The number of carbonyl (C=O) groups excluding carboxylic acids is 1. The van der Waals surface area contributed by atoms with Gasteiger partial charge in [0.1, 0.15) is 11.4 Å². The van der Waals surface area contributed by atoms with Crippen LogP contribution in [0, 0.1) is 0 Å². The molecule has 27 heavy (non-hydrogen) atoms. The molecule has 1 aromatic carbocycles. The van der Waals surface area contributed by atoms with Gasteiger partial charge < -0.3 is 19.8 Å². The molecule has 0 radical (unpaired) electrons. The van der Waals surface area contributed by atoms with Crippen LogP contribution in [-0.2, 0) is 12.8 Å². The molecule has 2 N–H and O–H groups in total. The first kappa shape index (κ1) is 18.6. The Morgan fingerprint density at radius 1 is 1.07 bits per heavy atom. The minimum atomic E-state index is -2.83. The van der Waals surface area contributed by atoms with E-state index in [4.69, 9.17) is 0 Å². The van der Waals surface area contributed by atoms with Crippen LogP contribution in [0.1, 0.15) is 11.3 Å². The molecule has 142 valence electrons. The summed E-state index contributed by atoms with van der Waals surface area (Å²) >= 11 is 0. The SMILES string of the molecule is O=C(NCCc1ccc(OC(F)F)cc1)NCCc1cn2ccccc2n1. The third-order valence-electron chi connectivity index (χ3n) is 3.93. The molecule has 0 aliphatic rings. The standard InChI is InChI=1S/C19H20F2N4O2/c20-18(21)27-16-6-4-14(5-7-16)8-10-22-19(26)23-11-9-15-13-25-12-2-1-3-17(25)24-15/h1-7,12-13,18H,8-11H2,(H2,22,23,26). The van der Waals surface area contributed by atoms with Crippen LogP contribution in [0.3, 0.4) is 0 Å². The minimum absolute atomic E-state index is 0.117. The van der Waals surface area contributed by atoms with Gasteiger partial charge in [0, 0.05) is 31.9 Å². The van der Waals surface area contributed by atoms with Gasteiger partial charge >= 0.3 is 12.6 Å².